The third kappa shape index (κ3) is 1.60. The van der Waals surface area contributed by atoms with E-state index in [0.717, 1.165) is 55.3 Å². The normalized spacial score (nSPS) is 61.9. The lowest BCUT2D eigenvalue weighted by atomic mass is 9.44. The Bertz CT molecular complexity index is 928. The topological polar surface area (TPSA) is 43.4 Å². The van der Waals surface area contributed by atoms with E-state index in [2.05, 4.69) is 19.9 Å². The highest BCUT2D eigenvalue weighted by Gasteiger charge is 2.81. The van der Waals surface area contributed by atoms with Crippen LogP contribution in [0.15, 0.2) is 11.6 Å². The number of allylic oxidation sites excluding steroid dienone is 1. The van der Waals surface area contributed by atoms with E-state index in [4.69, 9.17) is 4.74 Å². The molecule has 0 aromatic carbocycles. The third-order valence-electron chi connectivity index (χ3n) is 12.0. The lowest BCUT2D eigenvalue weighted by Gasteiger charge is -2.60. The summed E-state index contributed by atoms with van der Waals surface area (Å²) in [7, 11) is 0. The molecule has 8 rings (SSSR count). The molecule has 0 N–H and O–H groups in total. The van der Waals surface area contributed by atoms with Crippen molar-refractivity contribution in [1.29, 1.82) is 0 Å². The Morgan fingerprint density at radius 1 is 1.00 bits per heavy atom. The van der Waals surface area contributed by atoms with Crippen LogP contribution < -0.4 is 0 Å². The van der Waals surface area contributed by atoms with Gasteiger partial charge in [0, 0.05) is 23.2 Å². The molecule has 29 heavy (non-hydrogen) atoms. The minimum atomic E-state index is -0.133. The molecule has 154 valence electrons. The quantitative estimate of drug-likeness (QED) is 0.562. The predicted molar refractivity (Wildman–Crippen MR) is 107 cm³/mol. The van der Waals surface area contributed by atoms with Gasteiger partial charge < -0.3 is 4.74 Å². The van der Waals surface area contributed by atoms with E-state index in [-0.39, 0.29) is 27.8 Å². The summed E-state index contributed by atoms with van der Waals surface area (Å²) < 4.78 is 6.26. The van der Waals surface area contributed by atoms with Crippen LogP contribution >= 0.6 is 0 Å². The Morgan fingerprint density at radius 3 is 2.55 bits per heavy atom. The summed E-state index contributed by atoms with van der Waals surface area (Å²) in [5.41, 5.74) is 1.89. The first-order chi connectivity index (χ1) is 13.8. The highest BCUT2D eigenvalue weighted by Crippen LogP contribution is 2.83. The molecule has 7 aliphatic carbocycles. The molecule has 0 radical (unpaired) electrons. The molecule has 1 aliphatic heterocycles. The first-order valence-corrected chi connectivity index (χ1v) is 12.3. The number of hydrogen-bond donors (Lipinski definition) is 0. The van der Waals surface area contributed by atoms with Crippen molar-refractivity contribution in [3.05, 3.63) is 11.6 Å². The number of ketones is 1. The molecular weight excluding hydrogens is 360 g/mol. The van der Waals surface area contributed by atoms with Crippen molar-refractivity contribution in [1.82, 2.24) is 0 Å². The maximum atomic E-state index is 12.9. The van der Waals surface area contributed by atoms with Gasteiger partial charge in [-0.2, -0.15) is 0 Å². The molecule has 0 aromatic rings. The van der Waals surface area contributed by atoms with Gasteiger partial charge in [-0.15, -0.1) is 0 Å². The van der Waals surface area contributed by atoms with Crippen LogP contribution in [0.25, 0.3) is 0 Å². The van der Waals surface area contributed by atoms with Gasteiger partial charge in [-0.3, -0.25) is 9.59 Å². The van der Waals surface area contributed by atoms with Gasteiger partial charge in [-0.1, -0.05) is 19.4 Å². The molecule has 1 saturated heterocycles. The van der Waals surface area contributed by atoms with Gasteiger partial charge in [-0.25, -0.2) is 0 Å². The average Bonchev–Trinajstić information content (AvgIpc) is 3.58. The second kappa shape index (κ2) is 4.41. The van der Waals surface area contributed by atoms with Crippen molar-refractivity contribution in [2.75, 3.05) is 0 Å². The molecule has 10 atom stereocenters. The molecule has 7 fully saturated rings. The summed E-state index contributed by atoms with van der Waals surface area (Å²) in [6, 6.07) is 0. The number of rotatable bonds is 0. The molecular formula is C26H32O3. The number of esters is 1. The summed E-state index contributed by atoms with van der Waals surface area (Å²) in [5, 5.41) is 0. The fourth-order valence-corrected chi connectivity index (χ4v) is 10.7. The largest absolute Gasteiger partial charge is 0.458 e. The number of fused-ring (bicyclic) bond motifs is 12. The van der Waals surface area contributed by atoms with Gasteiger partial charge in [-0.05, 0) is 98.4 Å². The second-order valence-electron chi connectivity index (χ2n) is 12.9. The minimum Gasteiger partial charge on any atom is -0.458 e. The molecule has 8 aliphatic rings. The smallest absolute Gasteiger partial charge is 0.306 e. The lowest BCUT2D eigenvalue weighted by molar-refractivity contribution is -0.178. The zero-order chi connectivity index (χ0) is 19.6. The third-order valence-corrected chi connectivity index (χ3v) is 12.0. The average molecular weight is 393 g/mol. The van der Waals surface area contributed by atoms with Crippen LogP contribution in [0.5, 0.6) is 0 Å². The molecule has 2 spiro atoms. The van der Waals surface area contributed by atoms with E-state index in [1.54, 1.807) is 5.57 Å². The maximum absolute atomic E-state index is 12.9. The van der Waals surface area contributed by atoms with Crippen LogP contribution in [-0.4, -0.2) is 17.4 Å². The first kappa shape index (κ1) is 16.6. The number of ether oxygens (including phenoxy) is 1. The van der Waals surface area contributed by atoms with E-state index in [1.165, 1.54) is 25.7 Å². The molecule has 0 bridgehead atoms. The van der Waals surface area contributed by atoms with Crippen LogP contribution in [-0.2, 0) is 14.3 Å². The monoisotopic (exact) mass is 392 g/mol. The van der Waals surface area contributed by atoms with Crippen molar-refractivity contribution in [2.24, 2.45) is 57.7 Å². The van der Waals surface area contributed by atoms with Gasteiger partial charge in [0.15, 0.2) is 5.78 Å². The van der Waals surface area contributed by atoms with E-state index in [0.29, 0.717) is 24.0 Å². The lowest BCUT2D eigenvalue weighted by Crippen LogP contribution is -2.58. The predicted octanol–water partition coefficient (Wildman–Crippen LogP) is 4.70. The van der Waals surface area contributed by atoms with Crippen molar-refractivity contribution in [2.45, 2.75) is 77.2 Å². The maximum Gasteiger partial charge on any atom is 0.306 e. The van der Waals surface area contributed by atoms with E-state index in [9.17, 15) is 9.59 Å². The highest BCUT2D eigenvalue weighted by atomic mass is 16.6. The van der Waals surface area contributed by atoms with Crippen LogP contribution in [0.3, 0.4) is 0 Å². The Morgan fingerprint density at radius 2 is 1.83 bits per heavy atom. The number of carbonyl (C=O) groups excluding carboxylic acids is 2. The molecule has 6 saturated carbocycles. The van der Waals surface area contributed by atoms with Gasteiger partial charge in [0.2, 0.25) is 0 Å². The van der Waals surface area contributed by atoms with Crippen LogP contribution in [0.2, 0.25) is 0 Å². The van der Waals surface area contributed by atoms with Gasteiger partial charge >= 0.3 is 5.97 Å². The van der Waals surface area contributed by atoms with Crippen molar-refractivity contribution in [3.8, 4) is 0 Å². The van der Waals surface area contributed by atoms with Gasteiger partial charge in [0.25, 0.3) is 0 Å². The number of carbonyl (C=O) groups is 2. The Balaban J connectivity index is 1.24. The van der Waals surface area contributed by atoms with Crippen LogP contribution in [0, 0.1) is 57.7 Å². The zero-order valence-corrected chi connectivity index (χ0v) is 17.7. The zero-order valence-electron chi connectivity index (χ0n) is 17.7. The number of hydrogen-bond acceptors (Lipinski definition) is 3. The SMILES string of the molecule is C[C@]12CC3(CC3)C(=O)C=C1[C@H]1CC1C1C2CC[C@@]2(C)C1[C@H]1CC1[C@@]21CCC(=O)O1. The Labute approximate surface area is 173 Å². The second-order valence-corrected chi connectivity index (χ2v) is 12.9. The molecule has 0 amide bonds. The first-order valence-electron chi connectivity index (χ1n) is 12.3. The van der Waals surface area contributed by atoms with Gasteiger partial charge in [0.1, 0.15) is 5.60 Å². The van der Waals surface area contributed by atoms with Crippen molar-refractivity contribution in [3.63, 3.8) is 0 Å². The molecule has 1 heterocycles. The van der Waals surface area contributed by atoms with E-state index < -0.39 is 0 Å². The highest BCUT2D eigenvalue weighted by molar-refractivity contribution is 5.99. The Hall–Kier alpha value is -1.12. The van der Waals surface area contributed by atoms with Crippen molar-refractivity contribution >= 4 is 11.8 Å². The van der Waals surface area contributed by atoms with Crippen LogP contribution in [0.1, 0.15) is 71.6 Å². The molecule has 3 nitrogen and oxygen atoms in total. The van der Waals surface area contributed by atoms with Gasteiger partial charge in [0.05, 0.1) is 0 Å². The summed E-state index contributed by atoms with van der Waals surface area (Å²) >= 11 is 0. The molecule has 5 unspecified atom stereocenters. The summed E-state index contributed by atoms with van der Waals surface area (Å²) in [6.07, 6.45) is 12.3. The summed E-state index contributed by atoms with van der Waals surface area (Å²) in [6.45, 7) is 5.06. The van der Waals surface area contributed by atoms with E-state index in [1.807, 2.05) is 0 Å². The fourth-order valence-electron chi connectivity index (χ4n) is 10.7. The standard InChI is InChI=1S/C26H32O3/c1-23-12-25(7-8-25)19(27)11-17(23)13-9-14(13)21-16(23)3-5-24(2)22(21)15-10-18(15)26(24)6-4-20(28)29-26/h11,13-16,18,21-22H,3-10,12H2,1-2H3/t13-,14?,15-,16?,18?,21?,22?,23+,24-,26-/m0/s1. The van der Waals surface area contributed by atoms with Crippen LogP contribution in [0.4, 0.5) is 0 Å². The summed E-state index contributed by atoms with van der Waals surface area (Å²) in [5.74, 6) is 5.76. The fraction of sp³-hybridized carbons (Fsp3) is 0.846. The van der Waals surface area contributed by atoms with Crippen molar-refractivity contribution < 1.29 is 14.3 Å². The minimum absolute atomic E-state index is 0.0191. The molecule has 0 aromatic heterocycles. The summed E-state index contributed by atoms with van der Waals surface area (Å²) in [4.78, 5) is 25.1. The Kier molecular flexibility index (Phi) is 2.52. The molecule has 3 heteroatoms. The van der Waals surface area contributed by atoms with E-state index >= 15 is 0 Å².